The van der Waals surface area contributed by atoms with Crippen LogP contribution in [0.4, 0.5) is 9.52 Å². The van der Waals surface area contributed by atoms with E-state index >= 15 is 0 Å². The fourth-order valence-corrected chi connectivity index (χ4v) is 4.72. The van der Waals surface area contributed by atoms with E-state index in [-0.39, 0.29) is 5.82 Å². The van der Waals surface area contributed by atoms with Crippen LogP contribution in [0.15, 0.2) is 82.4 Å². The highest BCUT2D eigenvalue weighted by Crippen LogP contribution is 2.35. The third-order valence-electron chi connectivity index (χ3n) is 4.45. The van der Waals surface area contributed by atoms with E-state index in [9.17, 15) is 4.39 Å². The molecule has 3 aromatic heterocycles. The Balaban J connectivity index is 1.39. The lowest BCUT2D eigenvalue weighted by molar-refractivity contribution is 0.627. The van der Waals surface area contributed by atoms with Crippen LogP contribution in [0.25, 0.3) is 22.3 Å². The first-order chi connectivity index (χ1) is 15.2. The van der Waals surface area contributed by atoms with Crippen LogP contribution in [0.2, 0.25) is 0 Å². The lowest BCUT2D eigenvalue weighted by atomic mass is 10.2. The van der Waals surface area contributed by atoms with Gasteiger partial charge in [0.2, 0.25) is 5.13 Å². The summed E-state index contributed by atoms with van der Waals surface area (Å²) in [6, 6.07) is 18.1. The standard InChI is InChI=1S/C22H15FN6S2/c23-16-7-5-14(6-8-16)13-25-21-28-29-22(31-21)30-20-17-3-1-2-4-18(17)26-19(27-20)15-9-11-24-12-10-15/h1-12H,13H2,(H,25,28). The second-order valence-electron chi connectivity index (χ2n) is 6.56. The maximum Gasteiger partial charge on any atom is 0.206 e. The molecule has 5 rings (SSSR count). The van der Waals surface area contributed by atoms with Crippen LogP contribution in [-0.2, 0) is 6.54 Å². The zero-order valence-electron chi connectivity index (χ0n) is 16.1. The number of nitrogens with one attached hydrogen (secondary N) is 1. The molecule has 0 spiro atoms. The van der Waals surface area contributed by atoms with Crippen molar-refractivity contribution in [1.29, 1.82) is 0 Å². The molecule has 6 nitrogen and oxygen atoms in total. The first kappa shape index (κ1) is 19.5. The summed E-state index contributed by atoms with van der Waals surface area (Å²) < 4.78 is 13.8. The van der Waals surface area contributed by atoms with Gasteiger partial charge in [0.25, 0.3) is 0 Å². The highest BCUT2D eigenvalue weighted by atomic mass is 32.2. The Morgan fingerprint density at radius 3 is 2.55 bits per heavy atom. The number of halogens is 1. The van der Waals surface area contributed by atoms with Crippen LogP contribution in [0.3, 0.4) is 0 Å². The topological polar surface area (TPSA) is 76.5 Å². The van der Waals surface area contributed by atoms with E-state index in [4.69, 9.17) is 9.97 Å². The minimum Gasteiger partial charge on any atom is -0.356 e. The molecule has 0 aliphatic rings. The van der Waals surface area contributed by atoms with E-state index < -0.39 is 0 Å². The van der Waals surface area contributed by atoms with Crippen LogP contribution in [0.5, 0.6) is 0 Å². The summed E-state index contributed by atoms with van der Waals surface area (Å²) in [6.45, 7) is 0.544. The molecule has 0 amide bonds. The maximum absolute atomic E-state index is 13.1. The minimum absolute atomic E-state index is 0.249. The highest BCUT2D eigenvalue weighted by molar-refractivity contribution is 8.01. The molecule has 0 aliphatic heterocycles. The first-order valence-corrected chi connectivity index (χ1v) is 11.0. The summed E-state index contributed by atoms with van der Waals surface area (Å²) in [5, 5.41) is 14.2. The van der Waals surface area contributed by atoms with E-state index in [2.05, 4.69) is 20.5 Å². The van der Waals surface area contributed by atoms with Gasteiger partial charge in [0, 0.05) is 29.9 Å². The van der Waals surface area contributed by atoms with Gasteiger partial charge in [-0.15, -0.1) is 10.2 Å². The molecule has 0 aliphatic carbocycles. The Hall–Kier alpha value is -3.43. The summed E-state index contributed by atoms with van der Waals surface area (Å²) in [5.41, 5.74) is 2.74. The molecule has 9 heteroatoms. The van der Waals surface area contributed by atoms with Gasteiger partial charge in [-0.2, -0.15) is 0 Å². The van der Waals surface area contributed by atoms with Crippen molar-refractivity contribution in [2.75, 3.05) is 5.32 Å². The van der Waals surface area contributed by atoms with Gasteiger partial charge in [-0.1, -0.05) is 41.7 Å². The maximum atomic E-state index is 13.1. The fourth-order valence-electron chi connectivity index (χ4n) is 2.94. The van der Waals surface area contributed by atoms with E-state index in [1.165, 1.54) is 35.2 Å². The number of hydrogen-bond donors (Lipinski definition) is 1. The number of nitrogens with zero attached hydrogens (tertiary/aromatic N) is 5. The molecular formula is C22H15FN6S2. The van der Waals surface area contributed by atoms with Gasteiger partial charge < -0.3 is 5.32 Å². The van der Waals surface area contributed by atoms with Crippen LogP contribution in [0, 0.1) is 5.82 Å². The molecule has 0 radical (unpaired) electrons. The van der Waals surface area contributed by atoms with Crippen molar-refractivity contribution in [3.05, 3.63) is 84.4 Å². The SMILES string of the molecule is Fc1ccc(CNc2nnc(Sc3nc(-c4ccncc4)nc4ccccc34)s2)cc1. The molecule has 0 bridgehead atoms. The van der Waals surface area contributed by atoms with Crippen molar-refractivity contribution in [3.63, 3.8) is 0 Å². The summed E-state index contributed by atoms with van der Waals surface area (Å²) in [4.78, 5) is 13.5. The van der Waals surface area contributed by atoms with Gasteiger partial charge in [-0.3, -0.25) is 4.98 Å². The van der Waals surface area contributed by atoms with Crippen molar-refractivity contribution >= 4 is 39.1 Å². The lowest BCUT2D eigenvalue weighted by Crippen LogP contribution is -1.98. The summed E-state index contributed by atoms with van der Waals surface area (Å²) in [5.74, 6) is 0.393. The summed E-state index contributed by atoms with van der Waals surface area (Å²) in [7, 11) is 0. The molecule has 0 atom stereocenters. The second kappa shape index (κ2) is 8.75. The molecule has 3 heterocycles. The van der Waals surface area contributed by atoms with E-state index in [0.29, 0.717) is 17.5 Å². The quantitative estimate of drug-likeness (QED) is 0.348. The van der Waals surface area contributed by atoms with Crippen LogP contribution >= 0.6 is 23.1 Å². The Bertz CT molecular complexity index is 1330. The molecule has 31 heavy (non-hydrogen) atoms. The molecule has 2 aromatic carbocycles. The van der Waals surface area contributed by atoms with Gasteiger partial charge in [0.05, 0.1) is 5.52 Å². The highest BCUT2D eigenvalue weighted by Gasteiger charge is 2.13. The van der Waals surface area contributed by atoms with E-state index in [0.717, 1.165) is 31.4 Å². The molecule has 1 N–H and O–H groups in total. The number of pyridine rings is 1. The first-order valence-electron chi connectivity index (χ1n) is 9.41. The van der Waals surface area contributed by atoms with Gasteiger partial charge in [-0.05, 0) is 47.7 Å². The van der Waals surface area contributed by atoms with Crippen LogP contribution in [0.1, 0.15) is 5.56 Å². The number of aromatic nitrogens is 5. The predicted molar refractivity (Wildman–Crippen MR) is 121 cm³/mol. The number of fused-ring (bicyclic) bond motifs is 1. The van der Waals surface area contributed by atoms with E-state index in [1.807, 2.05) is 36.4 Å². The number of anilines is 1. The second-order valence-corrected chi connectivity index (χ2v) is 8.77. The average molecular weight is 447 g/mol. The number of benzene rings is 2. The van der Waals surface area contributed by atoms with E-state index in [1.54, 1.807) is 24.5 Å². The Morgan fingerprint density at radius 2 is 1.71 bits per heavy atom. The van der Waals surface area contributed by atoms with Crippen molar-refractivity contribution in [2.45, 2.75) is 15.9 Å². The van der Waals surface area contributed by atoms with Gasteiger partial charge in [0.1, 0.15) is 10.8 Å². The predicted octanol–water partition coefficient (Wildman–Crippen LogP) is 5.45. The zero-order chi connectivity index (χ0) is 21.0. The number of para-hydroxylation sites is 1. The van der Waals surface area contributed by atoms with Gasteiger partial charge >= 0.3 is 0 Å². The lowest BCUT2D eigenvalue weighted by Gasteiger charge is -2.07. The van der Waals surface area contributed by atoms with Crippen LogP contribution in [-0.4, -0.2) is 25.1 Å². The van der Waals surface area contributed by atoms with Crippen molar-refractivity contribution in [1.82, 2.24) is 25.1 Å². The number of hydrogen-bond acceptors (Lipinski definition) is 8. The third-order valence-corrected chi connectivity index (χ3v) is 6.39. The Kier molecular flexibility index (Phi) is 5.51. The van der Waals surface area contributed by atoms with Crippen molar-refractivity contribution in [3.8, 4) is 11.4 Å². The average Bonchev–Trinajstić information content (AvgIpc) is 3.26. The molecule has 0 unspecified atom stereocenters. The smallest absolute Gasteiger partial charge is 0.206 e. The Morgan fingerprint density at radius 1 is 0.903 bits per heavy atom. The van der Waals surface area contributed by atoms with Crippen molar-refractivity contribution in [2.24, 2.45) is 0 Å². The monoisotopic (exact) mass is 446 g/mol. The summed E-state index contributed by atoms with van der Waals surface area (Å²) >= 11 is 2.90. The summed E-state index contributed by atoms with van der Waals surface area (Å²) in [6.07, 6.45) is 3.45. The van der Waals surface area contributed by atoms with Crippen LogP contribution < -0.4 is 5.32 Å². The third kappa shape index (κ3) is 4.52. The molecule has 152 valence electrons. The van der Waals surface area contributed by atoms with Gasteiger partial charge in [-0.25, -0.2) is 14.4 Å². The molecule has 0 fully saturated rings. The largest absolute Gasteiger partial charge is 0.356 e. The molecule has 0 saturated carbocycles. The Labute approximate surface area is 185 Å². The van der Waals surface area contributed by atoms with Gasteiger partial charge in [0.15, 0.2) is 10.2 Å². The normalized spacial score (nSPS) is 11.0. The molecule has 0 saturated heterocycles. The molecule has 5 aromatic rings. The zero-order valence-corrected chi connectivity index (χ0v) is 17.7. The number of rotatable bonds is 6. The molecular weight excluding hydrogens is 431 g/mol. The fraction of sp³-hybridized carbons (Fsp3) is 0.0455. The van der Waals surface area contributed by atoms with Crippen molar-refractivity contribution < 1.29 is 4.39 Å². The minimum atomic E-state index is -0.249.